The van der Waals surface area contributed by atoms with Gasteiger partial charge in [-0.1, -0.05) is 5.16 Å². The topological polar surface area (TPSA) is 71.3 Å². The summed E-state index contributed by atoms with van der Waals surface area (Å²) in [6.45, 7) is 2.59. The van der Waals surface area contributed by atoms with Crippen molar-refractivity contribution in [3.63, 3.8) is 0 Å². The number of carbonyl (C=O) groups is 1. The molecule has 0 saturated carbocycles. The average Bonchev–Trinajstić information content (AvgIpc) is 2.83. The fraction of sp³-hybridized carbons (Fsp3) is 0.700. The number of likely N-dealkylation sites (tertiary alicyclic amines) is 1. The van der Waals surface area contributed by atoms with E-state index in [1.54, 1.807) is 0 Å². The zero-order chi connectivity index (χ0) is 11.2. The maximum Gasteiger partial charge on any atom is 0.236 e. The minimum absolute atomic E-state index is 0.156. The average molecular weight is 224 g/mol. The molecule has 1 saturated heterocycles. The molecule has 1 aliphatic heterocycles. The van der Waals surface area contributed by atoms with Crippen LogP contribution in [-0.2, 0) is 11.3 Å². The summed E-state index contributed by atoms with van der Waals surface area (Å²) in [6, 6.07) is 0. The van der Waals surface area contributed by atoms with Crippen LogP contribution >= 0.6 is 0 Å². The molecule has 1 aliphatic rings. The second kappa shape index (κ2) is 5.60. The Kier molecular flexibility index (Phi) is 3.87. The maximum absolute atomic E-state index is 11.7. The largest absolute Gasteiger partial charge is 0.343 e. The summed E-state index contributed by atoms with van der Waals surface area (Å²) in [5.74, 6) is 0.731. The third-order valence-electron chi connectivity index (χ3n) is 2.68. The molecule has 2 rings (SSSR count). The first kappa shape index (κ1) is 11.1. The molecule has 6 heteroatoms. The van der Waals surface area contributed by atoms with Gasteiger partial charge in [0.1, 0.15) is 0 Å². The molecule has 0 aromatic carbocycles. The van der Waals surface area contributed by atoms with E-state index < -0.39 is 0 Å². The van der Waals surface area contributed by atoms with Crippen molar-refractivity contribution in [2.75, 3.05) is 19.6 Å². The van der Waals surface area contributed by atoms with E-state index in [2.05, 4.69) is 20.0 Å². The molecular formula is C10H16N4O2. The van der Waals surface area contributed by atoms with E-state index in [1.807, 2.05) is 4.90 Å². The van der Waals surface area contributed by atoms with E-state index in [9.17, 15) is 4.79 Å². The fourth-order valence-electron chi connectivity index (χ4n) is 1.81. The van der Waals surface area contributed by atoms with Crippen molar-refractivity contribution in [3.8, 4) is 0 Å². The molecule has 1 amide bonds. The molecule has 0 unspecified atom stereocenters. The monoisotopic (exact) mass is 224 g/mol. The van der Waals surface area contributed by atoms with E-state index in [0.29, 0.717) is 18.9 Å². The predicted octanol–water partition coefficient (Wildman–Crippen LogP) is 0.172. The Morgan fingerprint density at radius 1 is 1.44 bits per heavy atom. The molecule has 1 aromatic rings. The van der Waals surface area contributed by atoms with Crippen LogP contribution in [0.15, 0.2) is 10.9 Å². The number of piperidine rings is 1. The lowest BCUT2D eigenvalue weighted by atomic mass is 10.1. The molecule has 2 heterocycles. The van der Waals surface area contributed by atoms with Crippen molar-refractivity contribution >= 4 is 5.91 Å². The highest BCUT2D eigenvalue weighted by Crippen LogP contribution is 2.08. The van der Waals surface area contributed by atoms with Crippen LogP contribution in [0.3, 0.4) is 0 Å². The molecule has 0 bridgehead atoms. The molecule has 1 N–H and O–H groups in total. The molecular weight excluding hydrogens is 208 g/mol. The van der Waals surface area contributed by atoms with Gasteiger partial charge in [-0.2, -0.15) is 4.98 Å². The second-order valence-electron chi connectivity index (χ2n) is 3.89. The third-order valence-corrected chi connectivity index (χ3v) is 2.68. The third kappa shape index (κ3) is 3.03. The Balaban J connectivity index is 1.67. The summed E-state index contributed by atoms with van der Waals surface area (Å²) in [6.07, 6.45) is 4.76. The van der Waals surface area contributed by atoms with Gasteiger partial charge in [-0.25, -0.2) is 0 Å². The number of hydrogen-bond acceptors (Lipinski definition) is 5. The van der Waals surface area contributed by atoms with Gasteiger partial charge in [-0.3, -0.25) is 4.79 Å². The summed E-state index contributed by atoms with van der Waals surface area (Å²) >= 11 is 0. The van der Waals surface area contributed by atoms with Gasteiger partial charge in [0, 0.05) is 13.1 Å². The molecule has 0 spiro atoms. The summed E-state index contributed by atoms with van der Waals surface area (Å²) in [4.78, 5) is 17.5. The summed E-state index contributed by atoms with van der Waals surface area (Å²) in [5.41, 5.74) is 0. The Bertz CT molecular complexity index is 320. The Morgan fingerprint density at radius 2 is 2.25 bits per heavy atom. The highest BCUT2D eigenvalue weighted by molar-refractivity contribution is 5.78. The van der Waals surface area contributed by atoms with Crippen LogP contribution in [0.2, 0.25) is 0 Å². The maximum atomic E-state index is 11.7. The predicted molar refractivity (Wildman–Crippen MR) is 56.4 cm³/mol. The Morgan fingerprint density at radius 3 is 2.94 bits per heavy atom. The van der Waals surface area contributed by atoms with Crippen LogP contribution in [-0.4, -0.2) is 40.6 Å². The second-order valence-corrected chi connectivity index (χ2v) is 3.89. The number of aromatic nitrogens is 2. The molecule has 1 fully saturated rings. The van der Waals surface area contributed by atoms with Crippen LogP contribution in [0.4, 0.5) is 0 Å². The van der Waals surface area contributed by atoms with E-state index >= 15 is 0 Å². The zero-order valence-electron chi connectivity index (χ0n) is 9.19. The first-order chi connectivity index (χ1) is 7.86. The molecule has 0 atom stereocenters. The molecule has 88 valence electrons. The van der Waals surface area contributed by atoms with Gasteiger partial charge in [-0.15, -0.1) is 0 Å². The summed E-state index contributed by atoms with van der Waals surface area (Å²) in [7, 11) is 0. The van der Waals surface area contributed by atoms with Gasteiger partial charge < -0.3 is 14.7 Å². The van der Waals surface area contributed by atoms with Crippen molar-refractivity contribution in [1.29, 1.82) is 0 Å². The lowest BCUT2D eigenvalue weighted by Gasteiger charge is -2.26. The van der Waals surface area contributed by atoms with Crippen LogP contribution < -0.4 is 5.32 Å². The van der Waals surface area contributed by atoms with E-state index in [0.717, 1.165) is 25.9 Å². The van der Waals surface area contributed by atoms with Crippen molar-refractivity contribution < 1.29 is 9.32 Å². The number of rotatable bonds is 4. The van der Waals surface area contributed by atoms with E-state index in [-0.39, 0.29) is 5.91 Å². The standard InChI is InChI=1S/C10H16N4O2/c15-10(14-4-2-1-3-5-14)7-11-6-9-12-8-16-13-9/h8,11H,1-7H2. The van der Waals surface area contributed by atoms with Crippen molar-refractivity contribution in [2.24, 2.45) is 0 Å². The van der Waals surface area contributed by atoms with Crippen molar-refractivity contribution in [2.45, 2.75) is 25.8 Å². The number of amides is 1. The van der Waals surface area contributed by atoms with Crippen LogP contribution in [0, 0.1) is 0 Å². The Hall–Kier alpha value is -1.43. The number of hydrogen-bond donors (Lipinski definition) is 1. The van der Waals surface area contributed by atoms with Crippen LogP contribution in [0.25, 0.3) is 0 Å². The molecule has 6 nitrogen and oxygen atoms in total. The molecule has 0 aliphatic carbocycles. The summed E-state index contributed by atoms with van der Waals surface area (Å²) < 4.78 is 4.59. The quantitative estimate of drug-likeness (QED) is 0.789. The van der Waals surface area contributed by atoms with Gasteiger partial charge in [0.25, 0.3) is 0 Å². The lowest BCUT2D eigenvalue weighted by molar-refractivity contribution is -0.131. The highest BCUT2D eigenvalue weighted by Gasteiger charge is 2.15. The van der Waals surface area contributed by atoms with Gasteiger partial charge in [-0.05, 0) is 19.3 Å². The minimum Gasteiger partial charge on any atom is -0.343 e. The number of carbonyl (C=O) groups excluding carboxylic acids is 1. The van der Waals surface area contributed by atoms with Gasteiger partial charge in [0.15, 0.2) is 5.82 Å². The van der Waals surface area contributed by atoms with Gasteiger partial charge >= 0.3 is 0 Å². The normalized spacial score (nSPS) is 16.4. The van der Waals surface area contributed by atoms with Crippen molar-refractivity contribution in [3.05, 3.63) is 12.2 Å². The zero-order valence-corrected chi connectivity index (χ0v) is 9.19. The smallest absolute Gasteiger partial charge is 0.236 e. The lowest BCUT2D eigenvalue weighted by Crippen LogP contribution is -2.41. The fourth-order valence-corrected chi connectivity index (χ4v) is 1.81. The van der Waals surface area contributed by atoms with Crippen molar-refractivity contribution in [1.82, 2.24) is 20.4 Å². The molecule has 1 aromatic heterocycles. The first-order valence-corrected chi connectivity index (χ1v) is 5.60. The van der Waals surface area contributed by atoms with Gasteiger partial charge in [0.05, 0.1) is 13.1 Å². The SMILES string of the molecule is O=C(CNCc1ncon1)N1CCCCC1. The van der Waals surface area contributed by atoms with E-state index in [1.165, 1.54) is 12.8 Å². The minimum atomic E-state index is 0.156. The molecule has 0 radical (unpaired) electrons. The van der Waals surface area contributed by atoms with Gasteiger partial charge in [0.2, 0.25) is 12.3 Å². The summed E-state index contributed by atoms with van der Waals surface area (Å²) in [5, 5.41) is 6.66. The van der Waals surface area contributed by atoms with Crippen LogP contribution in [0.1, 0.15) is 25.1 Å². The number of nitrogens with zero attached hydrogens (tertiary/aromatic N) is 3. The molecule has 16 heavy (non-hydrogen) atoms. The highest BCUT2D eigenvalue weighted by atomic mass is 16.5. The van der Waals surface area contributed by atoms with Crippen LogP contribution in [0.5, 0.6) is 0 Å². The van der Waals surface area contributed by atoms with E-state index in [4.69, 9.17) is 0 Å². The Labute approximate surface area is 94.0 Å². The number of nitrogens with one attached hydrogen (secondary N) is 1. The first-order valence-electron chi connectivity index (χ1n) is 5.60.